The highest BCUT2D eigenvalue weighted by Crippen LogP contribution is 2.16. The first kappa shape index (κ1) is 16.1. The Labute approximate surface area is 132 Å². The number of halogens is 2. The predicted octanol–water partition coefficient (Wildman–Crippen LogP) is 3.77. The molecule has 0 aliphatic rings. The van der Waals surface area contributed by atoms with E-state index in [1.165, 1.54) is 12.1 Å². The molecular formula is C15H15BrFNO2S. The van der Waals surface area contributed by atoms with Gasteiger partial charge in [0, 0.05) is 10.5 Å². The number of benzene rings is 2. The average Bonchev–Trinajstić information content (AvgIpc) is 2.41. The highest BCUT2D eigenvalue weighted by molar-refractivity contribution is 9.10. The van der Waals surface area contributed by atoms with Crippen LogP contribution in [0.2, 0.25) is 0 Å². The van der Waals surface area contributed by atoms with Crippen LogP contribution in [0.3, 0.4) is 0 Å². The molecule has 0 spiro atoms. The van der Waals surface area contributed by atoms with E-state index >= 15 is 0 Å². The minimum atomic E-state index is -3.46. The third kappa shape index (κ3) is 4.91. The molecular weight excluding hydrogens is 357 g/mol. The molecule has 2 aromatic carbocycles. The highest BCUT2D eigenvalue weighted by atomic mass is 79.9. The van der Waals surface area contributed by atoms with Gasteiger partial charge in [-0.1, -0.05) is 40.2 Å². The third-order valence-corrected chi connectivity index (χ3v) is 4.95. The fraction of sp³-hybridized carbons (Fsp3) is 0.200. The lowest BCUT2D eigenvalue weighted by Gasteiger charge is -2.14. The molecule has 0 saturated heterocycles. The Balaban J connectivity index is 2.06. The van der Waals surface area contributed by atoms with Crippen LogP contribution in [0.4, 0.5) is 4.39 Å². The second-order valence-corrected chi connectivity index (χ2v) is 7.45. The van der Waals surface area contributed by atoms with Gasteiger partial charge in [0.2, 0.25) is 10.0 Å². The zero-order valence-corrected chi connectivity index (χ0v) is 13.8. The summed E-state index contributed by atoms with van der Waals surface area (Å²) in [4.78, 5) is 0. The van der Waals surface area contributed by atoms with E-state index in [1.807, 2.05) is 0 Å². The number of nitrogens with one attached hydrogen (secondary N) is 1. The normalized spacial score (nSPS) is 13.1. The lowest BCUT2D eigenvalue weighted by Crippen LogP contribution is -2.28. The van der Waals surface area contributed by atoms with Crippen molar-refractivity contribution in [1.82, 2.24) is 4.72 Å². The summed E-state index contributed by atoms with van der Waals surface area (Å²) in [5.41, 5.74) is 1.42. The molecule has 0 amide bonds. The van der Waals surface area contributed by atoms with Crippen molar-refractivity contribution < 1.29 is 12.8 Å². The molecule has 0 bridgehead atoms. The monoisotopic (exact) mass is 371 g/mol. The van der Waals surface area contributed by atoms with Crippen molar-refractivity contribution >= 4 is 26.0 Å². The fourth-order valence-electron chi connectivity index (χ4n) is 1.93. The zero-order valence-electron chi connectivity index (χ0n) is 11.4. The van der Waals surface area contributed by atoms with Gasteiger partial charge in [-0.15, -0.1) is 0 Å². The molecule has 1 N–H and O–H groups in total. The summed E-state index contributed by atoms with van der Waals surface area (Å²) in [5, 5.41) is 0. The maximum absolute atomic E-state index is 12.9. The van der Waals surface area contributed by atoms with Crippen molar-refractivity contribution in [3.05, 3.63) is 69.9 Å². The summed E-state index contributed by atoms with van der Waals surface area (Å²) in [5.74, 6) is -0.435. The molecule has 2 rings (SSSR count). The molecule has 2 aromatic rings. The molecule has 0 fully saturated rings. The van der Waals surface area contributed by atoms with Crippen molar-refractivity contribution in [2.24, 2.45) is 0 Å². The molecule has 0 radical (unpaired) electrons. The van der Waals surface area contributed by atoms with E-state index < -0.39 is 16.1 Å². The van der Waals surface area contributed by atoms with Crippen LogP contribution in [0, 0.1) is 5.82 Å². The van der Waals surface area contributed by atoms with E-state index in [1.54, 1.807) is 43.3 Å². The van der Waals surface area contributed by atoms with Crippen LogP contribution in [0.1, 0.15) is 24.1 Å². The molecule has 0 aliphatic heterocycles. The standard InChI is InChI=1S/C15H15BrFNO2S/c1-11(13-4-8-15(17)9-5-13)18-21(19,20)10-12-2-6-14(16)7-3-12/h2-9,11,18H,10H2,1H3/t11-/m1/s1. The van der Waals surface area contributed by atoms with Crippen LogP contribution in [0.15, 0.2) is 53.0 Å². The van der Waals surface area contributed by atoms with E-state index in [4.69, 9.17) is 0 Å². The predicted molar refractivity (Wildman–Crippen MR) is 84.7 cm³/mol. The van der Waals surface area contributed by atoms with Crippen LogP contribution in [-0.2, 0) is 15.8 Å². The summed E-state index contributed by atoms with van der Waals surface area (Å²) in [6, 6.07) is 12.5. The van der Waals surface area contributed by atoms with Gasteiger partial charge in [-0.3, -0.25) is 0 Å². The lowest BCUT2D eigenvalue weighted by molar-refractivity contribution is 0.565. The molecule has 0 unspecified atom stereocenters. The molecule has 0 aromatic heterocycles. The Morgan fingerprint density at radius 3 is 2.24 bits per heavy atom. The highest BCUT2D eigenvalue weighted by Gasteiger charge is 2.16. The molecule has 1 atom stereocenters. The molecule has 3 nitrogen and oxygen atoms in total. The first-order chi connectivity index (χ1) is 9.85. The number of hydrogen-bond donors (Lipinski definition) is 1. The van der Waals surface area contributed by atoms with Gasteiger partial charge in [-0.05, 0) is 42.3 Å². The minimum absolute atomic E-state index is 0.0915. The Hall–Kier alpha value is -1.24. The van der Waals surface area contributed by atoms with Crippen LogP contribution >= 0.6 is 15.9 Å². The van der Waals surface area contributed by atoms with Crippen LogP contribution in [-0.4, -0.2) is 8.42 Å². The van der Waals surface area contributed by atoms with Gasteiger partial charge in [-0.25, -0.2) is 17.5 Å². The van der Waals surface area contributed by atoms with Gasteiger partial charge < -0.3 is 0 Å². The second kappa shape index (κ2) is 6.68. The van der Waals surface area contributed by atoms with E-state index in [9.17, 15) is 12.8 Å². The van der Waals surface area contributed by atoms with E-state index in [0.29, 0.717) is 5.56 Å². The quantitative estimate of drug-likeness (QED) is 0.869. The molecule has 112 valence electrons. The SMILES string of the molecule is C[C@@H](NS(=O)(=O)Cc1ccc(Br)cc1)c1ccc(F)cc1. The summed E-state index contributed by atoms with van der Waals surface area (Å²) in [7, 11) is -3.46. The van der Waals surface area contributed by atoms with Gasteiger partial charge >= 0.3 is 0 Å². The maximum atomic E-state index is 12.9. The van der Waals surface area contributed by atoms with Crippen molar-refractivity contribution in [1.29, 1.82) is 0 Å². The van der Waals surface area contributed by atoms with Crippen LogP contribution in [0.5, 0.6) is 0 Å². The fourth-order valence-corrected chi connectivity index (χ4v) is 3.58. The molecule has 0 heterocycles. The maximum Gasteiger partial charge on any atom is 0.216 e. The van der Waals surface area contributed by atoms with E-state index in [0.717, 1.165) is 10.0 Å². The third-order valence-electron chi connectivity index (χ3n) is 3.00. The van der Waals surface area contributed by atoms with E-state index in [-0.39, 0.29) is 11.6 Å². The molecule has 6 heteroatoms. The van der Waals surface area contributed by atoms with Crippen molar-refractivity contribution in [2.45, 2.75) is 18.7 Å². The average molecular weight is 372 g/mol. The first-order valence-corrected chi connectivity index (χ1v) is 8.80. The van der Waals surface area contributed by atoms with E-state index in [2.05, 4.69) is 20.7 Å². The molecule has 0 aliphatic carbocycles. The summed E-state index contributed by atoms with van der Waals surface area (Å²) in [6.45, 7) is 1.73. The van der Waals surface area contributed by atoms with Gasteiger partial charge in [0.05, 0.1) is 5.75 Å². The van der Waals surface area contributed by atoms with Crippen molar-refractivity contribution in [2.75, 3.05) is 0 Å². The molecule has 0 saturated carbocycles. The molecule has 21 heavy (non-hydrogen) atoms. The summed E-state index contributed by atoms with van der Waals surface area (Å²) < 4.78 is 40.6. The summed E-state index contributed by atoms with van der Waals surface area (Å²) in [6.07, 6.45) is 0. The first-order valence-electron chi connectivity index (χ1n) is 6.36. The van der Waals surface area contributed by atoms with Crippen LogP contribution < -0.4 is 4.72 Å². The van der Waals surface area contributed by atoms with Crippen molar-refractivity contribution in [3.63, 3.8) is 0 Å². The summed E-state index contributed by atoms with van der Waals surface area (Å²) >= 11 is 3.31. The topological polar surface area (TPSA) is 46.2 Å². The Morgan fingerprint density at radius 1 is 1.10 bits per heavy atom. The van der Waals surface area contributed by atoms with Crippen molar-refractivity contribution in [3.8, 4) is 0 Å². The Morgan fingerprint density at radius 2 is 1.67 bits per heavy atom. The second-order valence-electron chi connectivity index (χ2n) is 4.78. The smallest absolute Gasteiger partial charge is 0.212 e. The van der Waals surface area contributed by atoms with Gasteiger partial charge in [0.15, 0.2) is 0 Å². The number of hydrogen-bond acceptors (Lipinski definition) is 2. The van der Waals surface area contributed by atoms with Gasteiger partial charge in [0.1, 0.15) is 5.82 Å². The van der Waals surface area contributed by atoms with Gasteiger partial charge in [0.25, 0.3) is 0 Å². The number of sulfonamides is 1. The van der Waals surface area contributed by atoms with Crippen LogP contribution in [0.25, 0.3) is 0 Å². The minimum Gasteiger partial charge on any atom is -0.212 e. The Bertz CT molecular complexity index is 699. The lowest BCUT2D eigenvalue weighted by atomic mass is 10.1. The largest absolute Gasteiger partial charge is 0.216 e. The number of rotatable bonds is 5. The van der Waals surface area contributed by atoms with Gasteiger partial charge in [-0.2, -0.15) is 0 Å². The zero-order chi connectivity index (χ0) is 15.5. The Kier molecular flexibility index (Phi) is 5.13.